The summed E-state index contributed by atoms with van der Waals surface area (Å²) < 4.78 is 39.8. The van der Waals surface area contributed by atoms with Crippen LogP contribution in [-0.4, -0.2) is 10.9 Å². The first-order valence-electron chi connectivity index (χ1n) is 6.08. The van der Waals surface area contributed by atoms with Crippen molar-refractivity contribution in [2.75, 3.05) is 5.32 Å². The van der Waals surface area contributed by atoms with Crippen LogP contribution in [0.15, 0.2) is 42.5 Å². The van der Waals surface area contributed by atoms with Crippen LogP contribution in [0.25, 0.3) is 10.9 Å². The zero-order chi connectivity index (χ0) is 15.0. The first kappa shape index (κ1) is 13.2. The summed E-state index contributed by atoms with van der Waals surface area (Å²) in [6.45, 7) is 0. The summed E-state index contributed by atoms with van der Waals surface area (Å²) in [5.41, 5.74) is 0.196. The Morgan fingerprint density at radius 2 is 1.67 bits per heavy atom. The Bertz CT molecular complexity index is 786. The third kappa shape index (κ3) is 2.47. The minimum absolute atomic E-state index is 0.152. The van der Waals surface area contributed by atoms with Crippen LogP contribution in [-0.2, 0) is 0 Å². The zero-order valence-corrected chi connectivity index (χ0v) is 10.6. The van der Waals surface area contributed by atoms with E-state index in [9.17, 15) is 18.0 Å². The van der Waals surface area contributed by atoms with Crippen LogP contribution in [0.5, 0.6) is 0 Å². The van der Waals surface area contributed by atoms with Gasteiger partial charge < -0.3 is 10.3 Å². The van der Waals surface area contributed by atoms with E-state index in [0.29, 0.717) is 12.1 Å². The van der Waals surface area contributed by atoms with Gasteiger partial charge in [-0.05, 0) is 12.1 Å². The Kier molecular flexibility index (Phi) is 3.13. The molecule has 0 unspecified atom stereocenters. The second-order valence-corrected chi connectivity index (χ2v) is 4.47. The molecule has 0 atom stereocenters. The largest absolute Gasteiger partial charge is 0.351 e. The molecule has 0 aliphatic rings. The molecule has 3 nitrogen and oxygen atoms in total. The third-order valence-corrected chi connectivity index (χ3v) is 3.02. The summed E-state index contributed by atoms with van der Waals surface area (Å²) in [5, 5.41) is 2.89. The highest BCUT2D eigenvalue weighted by Gasteiger charge is 2.16. The number of hydrogen-bond acceptors (Lipinski definition) is 1. The van der Waals surface area contributed by atoms with E-state index in [1.807, 2.05) is 0 Å². The van der Waals surface area contributed by atoms with Crippen molar-refractivity contribution in [3.63, 3.8) is 0 Å². The van der Waals surface area contributed by atoms with Gasteiger partial charge in [0.05, 0.1) is 0 Å². The molecular formula is C15H9F3N2O. The molecule has 2 aromatic carbocycles. The zero-order valence-electron chi connectivity index (χ0n) is 10.6. The van der Waals surface area contributed by atoms with Gasteiger partial charge in [-0.3, -0.25) is 4.79 Å². The number of benzene rings is 2. The summed E-state index contributed by atoms with van der Waals surface area (Å²) >= 11 is 0. The van der Waals surface area contributed by atoms with Crippen molar-refractivity contribution in [2.45, 2.75) is 0 Å². The second-order valence-electron chi connectivity index (χ2n) is 4.47. The minimum atomic E-state index is -1.17. The highest BCUT2D eigenvalue weighted by molar-refractivity contribution is 6.06. The van der Waals surface area contributed by atoms with Gasteiger partial charge in [0, 0.05) is 23.0 Å². The van der Waals surface area contributed by atoms with Crippen LogP contribution in [0.3, 0.4) is 0 Å². The minimum Gasteiger partial charge on any atom is -0.351 e. The Morgan fingerprint density at radius 1 is 1.00 bits per heavy atom. The van der Waals surface area contributed by atoms with E-state index in [1.54, 1.807) is 30.3 Å². The number of para-hydroxylation sites is 1. The average Bonchev–Trinajstić information content (AvgIpc) is 2.86. The second kappa shape index (κ2) is 4.97. The maximum Gasteiger partial charge on any atom is 0.272 e. The van der Waals surface area contributed by atoms with E-state index < -0.39 is 29.0 Å². The Morgan fingerprint density at radius 3 is 2.33 bits per heavy atom. The van der Waals surface area contributed by atoms with Crippen molar-refractivity contribution in [3.8, 4) is 0 Å². The molecule has 1 aromatic heterocycles. The van der Waals surface area contributed by atoms with Gasteiger partial charge in [-0.15, -0.1) is 0 Å². The van der Waals surface area contributed by atoms with Gasteiger partial charge in [-0.25, -0.2) is 13.2 Å². The van der Waals surface area contributed by atoms with Crippen LogP contribution in [0.2, 0.25) is 0 Å². The monoisotopic (exact) mass is 290 g/mol. The third-order valence-electron chi connectivity index (χ3n) is 3.02. The number of H-pyrrole nitrogens is 1. The number of nitrogens with one attached hydrogen (secondary N) is 2. The van der Waals surface area contributed by atoms with Gasteiger partial charge in [0.15, 0.2) is 11.6 Å². The van der Waals surface area contributed by atoms with Crippen molar-refractivity contribution >= 4 is 22.5 Å². The number of fused-ring (bicyclic) bond motifs is 1. The molecule has 1 amide bonds. The molecule has 0 radical (unpaired) electrons. The topological polar surface area (TPSA) is 44.9 Å². The van der Waals surface area contributed by atoms with Gasteiger partial charge >= 0.3 is 0 Å². The predicted molar refractivity (Wildman–Crippen MR) is 72.6 cm³/mol. The summed E-state index contributed by atoms with van der Waals surface area (Å²) in [7, 11) is 0. The molecule has 0 spiro atoms. The first-order valence-corrected chi connectivity index (χ1v) is 6.08. The number of halogens is 3. The molecular weight excluding hydrogens is 281 g/mol. The number of amides is 1. The molecule has 3 rings (SSSR count). The summed E-state index contributed by atoms with van der Waals surface area (Å²) in [6.07, 6.45) is 0. The normalized spacial score (nSPS) is 10.8. The van der Waals surface area contributed by atoms with Crippen molar-refractivity contribution < 1.29 is 18.0 Å². The van der Waals surface area contributed by atoms with Crippen molar-refractivity contribution in [3.05, 3.63) is 65.6 Å². The fourth-order valence-electron chi connectivity index (χ4n) is 2.04. The predicted octanol–water partition coefficient (Wildman–Crippen LogP) is 3.84. The molecule has 0 saturated heterocycles. The molecule has 3 aromatic rings. The molecule has 2 N–H and O–H groups in total. The molecule has 1 heterocycles. The van der Waals surface area contributed by atoms with Crippen molar-refractivity contribution in [2.24, 2.45) is 0 Å². The molecule has 21 heavy (non-hydrogen) atoms. The molecule has 0 aliphatic carbocycles. The van der Waals surface area contributed by atoms with Crippen LogP contribution >= 0.6 is 0 Å². The molecule has 0 aliphatic heterocycles. The number of aromatic amines is 1. The van der Waals surface area contributed by atoms with Gasteiger partial charge in [0.2, 0.25) is 0 Å². The first-order chi connectivity index (χ1) is 10.0. The lowest BCUT2D eigenvalue weighted by Crippen LogP contribution is -2.14. The number of carbonyl (C=O) groups is 1. The van der Waals surface area contributed by atoms with Gasteiger partial charge in [-0.2, -0.15) is 0 Å². The molecule has 0 bridgehead atoms. The van der Waals surface area contributed by atoms with Crippen LogP contribution < -0.4 is 5.32 Å². The quantitative estimate of drug-likeness (QED) is 0.740. The van der Waals surface area contributed by atoms with Gasteiger partial charge in [0.25, 0.3) is 5.91 Å². The molecule has 0 fully saturated rings. The average molecular weight is 290 g/mol. The standard InChI is InChI=1S/C15H9F3N2O/c16-9-6-10(17)14(11(18)7-9)20-15(21)13-5-8-3-1-2-4-12(8)19-13/h1-7,19H,(H,20,21). The number of carbonyl (C=O) groups excluding carboxylic acids is 1. The smallest absolute Gasteiger partial charge is 0.272 e. The number of anilines is 1. The van der Waals surface area contributed by atoms with Crippen LogP contribution in [0.1, 0.15) is 10.5 Å². The summed E-state index contributed by atoms with van der Waals surface area (Å²) in [5.74, 6) is -4.10. The molecule has 106 valence electrons. The van der Waals surface area contributed by atoms with E-state index in [4.69, 9.17) is 0 Å². The van der Waals surface area contributed by atoms with Gasteiger partial charge in [-0.1, -0.05) is 18.2 Å². The Labute approximate surface area is 117 Å². The van der Waals surface area contributed by atoms with E-state index in [-0.39, 0.29) is 5.69 Å². The fourth-order valence-corrected chi connectivity index (χ4v) is 2.04. The van der Waals surface area contributed by atoms with Crippen LogP contribution in [0, 0.1) is 17.5 Å². The van der Waals surface area contributed by atoms with Gasteiger partial charge in [0.1, 0.15) is 17.2 Å². The van der Waals surface area contributed by atoms with Crippen molar-refractivity contribution in [1.29, 1.82) is 0 Å². The van der Waals surface area contributed by atoms with E-state index >= 15 is 0 Å². The SMILES string of the molecule is O=C(Nc1c(F)cc(F)cc1F)c1cc2ccccc2[nH]1. The lowest BCUT2D eigenvalue weighted by atomic mass is 10.2. The Balaban J connectivity index is 1.93. The van der Waals surface area contributed by atoms with E-state index in [2.05, 4.69) is 10.3 Å². The number of rotatable bonds is 2. The Hall–Kier alpha value is -2.76. The highest BCUT2D eigenvalue weighted by atomic mass is 19.1. The molecule has 0 saturated carbocycles. The maximum atomic E-state index is 13.5. The fraction of sp³-hybridized carbons (Fsp3) is 0. The molecule has 6 heteroatoms. The summed E-state index contributed by atoms with van der Waals surface area (Å²) in [6, 6.07) is 9.72. The van der Waals surface area contributed by atoms with Crippen molar-refractivity contribution in [1.82, 2.24) is 4.98 Å². The van der Waals surface area contributed by atoms with E-state index in [0.717, 1.165) is 10.9 Å². The summed E-state index contributed by atoms with van der Waals surface area (Å²) in [4.78, 5) is 14.8. The number of aromatic nitrogens is 1. The maximum absolute atomic E-state index is 13.5. The van der Waals surface area contributed by atoms with E-state index in [1.165, 1.54) is 0 Å². The lowest BCUT2D eigenvalue weighted by molar-refractivity contribution is 0.102. The highest BCUT2D eigenvalue weighted by Crippen LogP contribution is 2.22. The van der Waals surface area contributed by atoms with Crippen LogP contribution in [0.4, 0.5) is 18.9 Å². The number of hydrogen-bond donors (Lipinski definition) is 2. The lowest BCUT2D eigenvalue weighted by Gasteiger charge is -2.06.